The van der Waals surface area contributed by atoms with E-state index in [1.165, 1.54) is 30.4 Å². The van der Waals surface area contributed by atoms with Crippen molar-refractivity contribution in [2.24, 2.45) is 0 Å². The summed E-state index contributed by atoms with van der Waals surface area (Å²) in [6.07, 6.45) is 6.60. The van der Waals surface area contributed by atoms with Crippen molar-refractivity contribution in [2.75, 3.05) is 17.2 Å². The molecule has 1 aliphatic rings. The number of nitrogens with one attached hydrogen (secondary N) is 2. The number of anilines is 3. The van der Waals surface area contributed by atoms with Crippen LogP contribution in [0.5, 0.6) is 0 Å². The second kappa shape index (κ2) is 6.12. The van der Waals surface area contributed by atoms with Gasteiger partial charge in [-0.05, 0) is 55.9 Å². The molecule has 0 unspecified atom stereocenters. The van der Waals surface area contributed by atoms with E-state index in [9.17, 15) is 0 Å². The van der Waals surface area contributed by atoms with Gasteiger partial charge in [-0.15, -0.1) is 0 Å². The van der Waals surface area contributed by atoms with Crippen molar-refractivity contribution in [1.29, 1.82) is 0 Å². The first-order valence-electron chi connectivity index (χ1n) is 7.72. The second-order valence-electron chi connectivity index (χ2n) is 5.61. The maximum Gasteiger partial charge on any atom is 0.224 e. The standard InChI is InChI=1S/C17H22N4/c1-3-9-18-17-19-11-12(2)16(21-17)20-15-8-7-13-5-4-6-14(13)10-15/h7-8,10-11H,3-6,9H2,1-2H3,(H2,18,19,20,21). The third-order valence-electron chi connectivity index (χ3n) is 3.87. The Labute approximate surface area is 126 Å². The van der Waals surface area contributed by atoms with Crippen LogP contribution in [0.4, 0.5) is 17.5 Å². The van der Waals surface area contributed by atoms with Crippen LogP contribution in [0.15, 0.2) is 24.4 Å². The quantitative estimate of drug-likeness (QED) is 0.875. The molecule has 0 radical (unpaired) electrons. The average molecular weight is 282 g/mol. The molecule has 0 atom stereocenters. The lowest BCUT2D eigenvalue weighted by molar-refractivity contribution is 0.912. The highest BCUT2D eigenvalue weighted by Crippen LogP contribution is 2.27. The second-order valence-corrected chi connectivity index (χ2v) is 5.61. The van der Waals surface area contributed by atoms with E-state index in [1.807, 2.05) is 13.1 Å². The summed E-state index contributed by atoms with van der Waals surface area (Å²) in [5, 5.41) is 6.65. The summed E-state index contributed by atoms with van der Waals surface area (Å²) in [4.78, 5) is 8.88. The number of hydrogen-bond donors (Lipinski definition) is 2. The molecule has 1 aliphatic carbocycles. The summed E-state index contributed by atoms with van der Waals surface area (Å²) in [7, 11) is 0. The summed E-state index contributed by atoms with van der Waals surface area (Å²) in [6.45, 7) is 5.05. The van der Waals surface area contributed by atoms with Gasteiger partial charge in [-0.25, -0.2) is 4.98 Å². The van der Waals surface area contributed by atoms with E-state index >= 15 is 0 Å². The number of aromatic nitrogens is 2. The Bertz CT molecular complexity index is 637. The van der Waals surface area contributed by atoms with Gasteiger partial charge >= 0.3 is 0 Å². The van der Waals surface area contributed by atoms with E-state index < -0.39 is 0 Å². The maximum absolute atomic E-state index is 4.57. The largest absolute Gasteiger partial charge is 0.354 e. The summed E-state index contributed by atoms with van der Waals surface area (Å²) in [6, 6.07) is 6.63. The van der Waals surface area contributed by atoms with Crippen LogP contribution in [-0.2, 0) is 12.8 Å². The Kier molecular flexibility index (Phi) is 4.04. The molecule has 0 fully saturated rings. The number of benzene rings is 1. The first-order valence-corrected chi connectivity index (χ1v) is 7.72. The fourth-order valence-electron chi connectivity index (χ4n) is 2.68. The zero-order valence-electron chi connectivity index (χ0n) is 12.7. The van der Waals surface area contributed by atoms with Crippen molar-refractivity contribution in [2.45, 2.75) is 39.5 Å². The molecule has 2 N–H and O–H groups in total. The van der Waals surface area contributed by atoms with E-state index in [-0.39, 0.29) is 0 Å². The monoisotopic (exact) mass is 282 g/mol. The Morgan fingerprint density at radius 3 is 2.90 bits per heavy atom. The Hall–Kier alpha value is -2.10. The number of nitrogens with zero attached hydrogens (tertiary/aromatic N) is 2. The van der Waals surface area contributed by atoms with Crippen molar-refractivity contribution in [3.05, 3.63) is 41.1 Å². The molecule has 1 aromatic heterocycles. The third-order valence-corrected chi connectivity index (χ3v) is 3.87. The van der Waals surface area contributed by atoms with Gasteiger partial charge in [0.05, 0.1) is 0 Å². The van der Waals surface area contributed by atoms with Gasteiger partial charge in [0.1, 0.15) is 5.82 Å². The molecule has 4 nitrogen and oxygen atoms in total. The average Bonchev–Trinajstić information content (AvgIpc) is 2.95. The van der Waals surface area contributed by atoms with Crippen LogP contribution in [0, 0.1) is 6.92 Å². The zero-order valence-corrected chi connectivity index (χ0v) is 12.7. The van der Waals surface area contributed by atoms with E-state index in [2.05, 4.69) is 45.7 Å². The fraction of sp³-hybridized carbons (Fsp3) is 0.412. The van der Waals surface area contributed by atoms with E-state index in [1.54, 1.807) is 0 Å². The van der Waals surface area contributed by atoms with Gasteiger partial charge in [0, 0.05) is 24.0 Å². The molecule has 2 aromatic rings. The number of rotatable bonds is 5. The van der Waals surface area contributed by atoms with E-state index in [0.717, 1.165) is 30.0 Å². The van der Waals surface area contributed by atoms with Crippen LogP contribution in [-0.4, -0.2) is 16.5 Å². The van der Waals surface area contributed by atoms with Crippen LogP contribution in [0.2, 0.25) is 0 Å². The van der Waals surface area contributed by atoms with Gasteiger partial charge in [-0.1, -0.05) is 13.0 Å². The first-order chi connectivity index (χ1) is 10.3. The van der Waals surface area contributed by atoms with Gasteiger partial charge in [-0.2, -0.15) is 4.98 Å². The summed E-state index contributed by atoms with van der Waals surface area (Å²) in [5.74, 6) is 1.56. The van der Waals surface area contributed by atoms with Gasteiger partial charge in [0.25, 0.3) is 0 Å². The first kappa shape index (κ1) is 13.9. The number of aryl methyl sites for hydroxylation is 3. The van der Waals surface area contributed by atoms with Crippen molar-refractivity contribution >= 4 is 17.5 Å². The molecular formula is C17H22N4. The summed E-state index contributed by atoms with van der Waals surface area (Å²) >= 11 is 0. The third kappa shape index (κ3) is 3.15. The molecular weight excluding hydrogens is 260 g/mol. The highest BCUT2D eigenvalue weighted by atomic mass is 15.1. The molecule has 0 spiro atoms. The molecule has 0 amide bonds. The molecule has 110 valence electrons. The smallest absolute Gasteiger partial charge is 0.224 e. The minimum atomic E-state index is 0.686. The van der Waals surface area contributed by atoms with Crippen molar-refractivity contribution in [3.63, 3.8) is 0 Å². The highest BCUT2D eigenvalue weighted by molar-refractivity contribution is 5.61. The minimum Gasteiger partial charge on any atom is -0.354 e. The summed E-state index contributed by atoms with van der Waals surface area (Å²) < 4.78 is 0. The SMILES string of the molecule is CCCNc1ncc(C)c(Nc2ccc3c(c2)CCC3)n1. The lowest BCUT2D eigenvalue weighted by Gasteiger charge is -2.11. The van der Waals surface area contributed by atoms with Crippen LogP contribution >= 0.6 is 0 Å². The lowest BCUT2D eigenvalue weighted by atomic mass is 10.1. The molecule has 0 bridgehead atoms. The molecule has 0 saturated carbocycles. The van der Waals surface area contributed by atoms with Crippen LogP contribution < -0.4 is 10.6 Å². The number of fused-ring (bicyclic) bond motifs is 1. The fourth-order valence-corrected chi connectivity index (χ4v) is 2.68. The van der Waals surface area contributed by atoms with Gasteiger partial charge < -0.3 is 10.6 Å². The van der Waals surface area contributed by atoms with E-state index in [4.69, 9.17) is 0 Å². The predicted octanol–water partition coefficient (Wildman–Crippen LogP) is 3.84. The topological polar surface area (TPSA) is 49.8 Å². The zero-order chi connectivity index (χ0) is 14.7. The maximum atomic E-state index is 4.57. The van der Waals surface area contributed by atoms with Gasteiger partial charge in [0.15, 0.2) is 0 Å². The molecule has 1 heterocycles. The van der Waals surface area contributed by atoms with Crippen LogP contribution in [0.3, 0.4) is 0 Å². The van der Waals surface area contributed by atoms with Crippen LogP contribution in [0.1, 0.15) is 36.5 Å². The van der Waals surface area contributed by atoms with Crippen LogP contribution in [0.25, 0.3) is 0 Å². The van der Waals surface area contributed by atoms with Crippen molar-refractivity contribution in [3.8, 4) is 0 Å². The molecule has 0 aliphatic heterocycles. The summed E-state index contributed by atoms with van der Waals surface area (Å²) in [5.41, 5.74) is 5.12. The molecule has 0 saturated heterocycles. The van der Waals surface area contributed by atoms with E-state index in [0.29, 0.717) is 5.95 Å². The Morgan fingerprint density at radius 1 is 1.19 bits per heavy atom. The molecule has 4 heteroatoms. The Morgan fingerprint density at radius 2 is 2.05 bits per heavy atom. The van der Waals surface area contributed by atoms with Crippen molar-refractivity contribution < 1.29 is 0 Å². The minimum absolute atomic E-state index is 0.686. The Balaban J connectivity index is 1.80. The van der Waals surface area contributed by atoms with Crippen molar-refractivity contribution in [1.82, 2.24) is 9.97 Å². The predicted molar refractivity (Wildman–Crippen MR) is 87.3 cm³/mol. The highest BCUT2D eigenvalue weighted by Gasteiger charge is 2.11. The number of hydrogen-bond acceptors (Lipinski definition) is 4. The molecule has 3 rings (SSSR count). The molecule has 1 aromatic carbocycles. The van der Waals surface area contributed by atoms with Gasteiger partial charge in [-0.3, -0.25) is 0 Å². The molecule has 21 heavy (non-hydrogen) atoms. The van der Waals surface area contributed by atoms with Gasteiger partial charge in [0.2, 0.25) is 5.95 Å². The normalized spacial score (nSPS) is 13.0. The lowest BCUT2D eigenvalue weighted by Crippen LogP contribution is -2.07.